The van der Waals surface area contributed by atoms with Crippen molar-refractivity contribution in [2.45, 2.75) is 41.0 Å². The molecule has 1 amide bonds. The van der Waals surface area contributed by atoms with Gasteiger partial charge in [-0.25, -0.2) is 4.79 Å². The molecule has 5 nitrogen and oxygen atoms in total. The van der Waals surface area contributed by atoms with E-state index in [0.717, 1.165) is 39.9 Å². The molecule has 0 aromatic heterocycles. The first kappa shape index (κ1) is 20.5. The molecule has 144 valence electrons. The first-order chi connectivity index (χ1) is 12.8. The molecule has 5 heteroatoms. The molecule has 0 saturated carbocycles. The summed E-state index contributed by atoms with van der Waals surface area (Å²) in [5.41, 5.74) is 5.86. The Bertz CT molecular complexity index is 819. The maximum absolute atomic E-state index is 12.1. The third kappa shape index (κ3) is 5.58. The van der Waals surface area contributed by atoms with Gasteiger partial charge < -0.3 is 14.8 Å². The van der Waals surface area contributed by atoms with Gasteiger partial charge in [-0.05, 0) is 56.4 Å². The van der Waals surface area contributed by atoms with Gasteiger partial charge in [0.2, 0.25) is 0 Å². The van der Waals surface area contributed by atoms with E-state index >= 15 is 0 Å². The third-order valence-electron chi connectivity index (χ3n) is 4.31. The molecule has 0 fully saturated rings. The van der Waals surface area contributed by atoms with Gasteiger partial charge in [0, 0.05) is 5.69 Å². The van der Waals surface area contributed by atoms with Gasteiger partial charge in [0.1, 0.15) is 5.75 Å². The highest BCUT2D eigenvalue weighted by Gasteiger charge is 2.13. The van der Waals surface area contributed by atoms with Crippen LogP contribution >= 0.6 is 0 Å². The van der Waals surface area contributed by atoms with Crippen LogP contribution in [-0.2, 0) is 20.7 Å². The highest BCUT2D eigenvalue weighted by molar-refractivity contribution is 5.94. The lowest BCUT2D eigenvalue weighted by Gasteiger charge is -2.14. The molecule has 0 atom stereocenters. The number of rotatable bonds is 7. The Labute approximate surface area is 160 Å². The van der Waals surface area contributed by atoms with Gasteiger partial charge in [-0.3, -0.25) is 4.79 Å². The molecule has 2 aromatic carbocycles. The van der Waals surface area contributed by atoms with E-state index in [9.17, 15) is 9.59 Å². The van der Waals surface area contributed by atoms with Crippen LogP contribution in [-0.4, -0.2) is 25.1 Å². The summed E-state index contributed by atoms with van der Waals surface area (Å²) in [4.78, 5) is 24.1. The van der Waals surface area contributed by atoms with Gasteiger partial charge in [0.05, 0.1) is 0 Å². The van der Waals surface area contributed by atoms with Crippen LogP contribution in [0.2, 0.25) is 0 Å². The molecule has 0 bridgehead atoms. The summed E-state index contributed by atoms with van der Waals surface area (Å²) < 4.78 is 10.6. The van der Waals surface area contributed by atoms with Crippen LogP contribution in [0.4, 0.5) is 5.69 Å². The average Bonchev–Trinajstić information content (AvgIpc) is 2.60. The van der Waals surface area contributed by atoms with Crippen molar-refractivity contribution in [1.29, 1.82) is 0 Å². The minimum absolute atomic E-state index is 0.234. The second-order valence-electron chi connectivity index (χ2n) is 6.69. The largest absolute Gasteiger partial charge is 0.481 e. The predicted molar refractivity (Wildman–Crippen MR) is 106 cm³/mol. The van der Waals surface area contributed by atoms with Crippen molar-refractivity contribution in [2.75, 3.05) is 18.5 Å². The quantitative estimate of drug-likeness (QED) is 0.748. The van der Waals surface area contributed by atoms with E-state index in [4.69, 9.17) is 9.47 Å². The zero-order valence-corrected chi connectivity index (χ0v) is 16.6. The number of benzene rings is 2. The van der Waals surface area contributed by atoms with Crippen LogP contribution < -0.4 is 10.1 Å². The van der Waals surface area contributed by atoms with Crippen molar-refractivity contribution >= 4 is 17.6 Å². The van der Waals surface area contributed by atoms with E-state index in [1.54, 1.807) is 0 Å². The molecule has 0 saturated heterocycles. The highest BCUT2D eigenvalue weighted by Crippen LogP contribution is 2.24. The monoisotopic (exact) mass is 369 g/mol. The molecular weight excluding hydrogens is 342 g/mol. The van der Waals surface area contributed by atoms with Crippen molar-refractivity contribution < 1.29 is 19.1 Å². The molecule has 0 aliphatic carbocycles. The van der Waals surface area contributed by atoms with Gasteiger partial charge in [-0.15, -0.1) is 0 Å². The molecule has 0 aliphatic rings. The zero-order chi connectivity index (χ0) is 20.0. The van der Waals surface area contributed by atoms with E-state index in [0.29, 0.717) is 5.75 Å². The number of esters is 1. The van der Waals surface area contributed by atoms with Crippen LogP contribution in [0, 0.1) is 27.7 Å². The fourth-order valence-electron chi connectivity index (χ4n) is 3.09. The minimum atomic E-state index is -0.579. The molecule has 0 unspecified atom stereocenters. The molecule has 1 N–H and O–H groups in total. The summed E-state index contributed by atoms with van der Waals surface area (Å²) in [5.74, 6) is -0.269. The van der Waals surface area contributed by atoms with E-state index in [1.807, 2.05) is 65.0 Å². The normalized spacial score (nSPS) is 10.4. The first-order valence-corrected chi connectivity index (χ1v) is 9.06. The second kappa shape index (κ2) is 9.21. The Balaban J connectivity index is 1.87. The molecule has 0 spiro atoms. The summed E-state index contributed by atoms with van der Waals surface area (Å²) in [6, 6.07) is 9.84. The molecule has 0 aliphatic heterocycles. The molecule has 27 heavy (non-hydrogen) atoms. The summed E-state index contributed by atoms with van der Waals surface area (Å²) in [7, 11) is 0. The van der Waals surface area contributed by atoms with Crippen LogP contribution in [0.1, 0.15) is 34.7 Å². The lowest BCUT2D eigenvalue weighted by Crippen LogP contribution is -2.24. The lowest BCUT2D eigenvalue weighted by molar-refractivity contribution is -0.149. The summed E-state index contributed by atoms with van der Waals surface area (Å²) in [6.07, 6.45) is 0.806. The number of carbonyl (C=O) groups is 2. The maximum Gasteiger partial charge on any atom is 0.344 e. The molecule has 2 aromatic rings. The molecule has 0 radical (unpaired) electrons. The number of ether oxygens (including phenoxy) is 2. The molecule has 0 heterocycles. The predicted octanol–water partition coefficient (Wildman–Crippen LogP) is 4.04. The Hall–Kier alpha value is -2.82. The van der Waals surface area contributed by atoms with Gasteiger partial charge in [0.25, 0.3) is 5.91 Å². The standard InChI is InChI=1S/C22H27NO4/c1-6-18-9-7-8-15(3)21(18)23-19(24)12-26-20(25)13-27-22-16(4)10-14(2)11-17(22)5/h7-11H,6,12-13H2,1-5H3,(H,23,24). The number of aryl methyl sites for hydroxylation is 5. The number of amides is 1. The first-order valence-electron chi connectivity index (χ1n) is 9.06. The van der Waals surface area contributed by atoms with E-state index in [1.165, 1.54) is 0 Å². The smallest absolute Gasteiger partial charge is 0.344 e. The summed E-state index contributed by atoms with van der Waals surface area (Å²) in [5, 5.41) is 2.83. The molecule has 2 rings (SSSR count). The Morgan fingerprint density at radius 1 is 0.963 bits per heavy atom. The number of hydrogen-bond donors (Lipinski definition) is 1. The Morgan fingerprint density at radius 3 is 2.26 bits per heavy atom. The van der Waals surface area contributed by atoms with Crippen LogP contribution in [0.25, 0.3) is 0 Å². The zero-order valence-electron chi connectivity index (χ0n) is 16.6. The SMILES string of the molecule is CCc1cccc(C)c1NC(=O)COC(=O)COc1c(C)cc(C)cc1C. The Kier molecular flexibility index (Phi) is 6.99. The summed E-state index contributed by atoms with van der Waals surface area (Å²) >= 11 is 0. The van der Waals surface area contributed by atoms with Crippen molar-refractivity contribution in [3.63, 3.8) is 0 Å². The van der Waals surface area contributed by atoms with Gasteiger partial charge >= 0.3 is 5.97 Å². The fraction of sp³-hybridized carbons (Fsp3) is 0.364. The Morgan fingerprint density at radius 2 is 1.63 bits per heavy atom. The number of hydrogen-bond acceptors (Lipinski definition) is 4. The number of anilines is 1. The number of nitrogens with one attached hydrogen (secondary N) is 1. The van der Waals surface area contributed by atoms with E-state index in [-0.39, 0.29) is 19.1 Å². The van der Waals surface area contributed by atoms with Gasteiger partial charge in [-0.2, -0.15) is 0 Å². The minimum Gasteiger partial charge on any atom is -0.481 e. The average molecular weight is 369 g/mol. The van der Waals surface area contributed by atoms with E-state index < -0.39 is 5.97 Å². The van der Waals surface area contributed by atoms with Crippen molar-refractivity contribution in [3.8, 4) is 5.75 Å². The fourth-order valence-corrected chi connectivity index (χ4v) is 3.09. The van der Waals surface area contributed by atoms with Crippen LogP contribution in [0.15, 0.2) is 30.3 Å². The topological polar surface area (TPSA) is 64.6 Å². The maximum atomic E-state index is 12.1. The lowest BCUT2D eigenvalue weighted by atomic mass is 10.1. The third-order valence-corrected chi connectivity index (χ3v) is 4.31. The van der Waals surface area contributed by atoms with E-state index in [2.05, 4.69) is 5.32 Å². The molecular formula is C22H27NO4. The summed E-state index contributed by atoms with van der Waals surface area (Å²) in [6.45, 7) is 9.25. The highest BCUT2D eigenvalue weighted by atomic mass is 16.6. The van der Waals surface area contributed by atoms with Crippen molar-refractivity contribution in [1.82, 2.24) is 0 Å². The van der Waals surface area contributed by atoms with Gasteiger partial charge in [0.15, 0.2) is 13.2 Å². The van der Waals surface area contributed by atoms with Crippen LogP contribution in [0.3, 0.4) is 0 Å². The number of carbonyl (C=O) groups excluding carboxylic acids is 2. The number of para-hydroxylation sites is 1. The second-order valence-corrected chi connectivity index (χ2v) is 6.69. The van der Waals surface area contributed by atoms with Crippen molar-refractivity contribution in [2.24, 2.45) is 0 Å². The van der Waals surface area contributed by atoms with Crippen molar-refractivity contribution in [3.05, 3.63) is 58.1 Å². The van der Waals surface area contributed by atoms with Gasteiger partial charge in [-0.1, -0.05) is 42.8 Å². The van der Waals surface area contributed by atoms with Crippen LogP contribution in [0.5, 0.6) is 5.75 Å².